The number of anilines is 3. The third-order valence-electron chi connectivity index (χ3n) is 5.46. The molecule has 0 spiro atoms. The molecule has 2 aromatic rings. The lowest BCUT2D eigenvalue weighted by atomic mass is 10.0. The number of nitrogens with one attached hydrogen (secondary N) is 2. The summed E-state index contributed by atoms with van der Waals surface area (Å²) >= 11 is 0. The summed E-state index contributed by atoms with van der Waals surface area (Å²) in [6.45, 7) is 3.07. The lowest BCUT2D eigenvalue weighted by molar-refractivity contribution is -0.128. The van der Waals surface area contributed by atoms with E-state index in [1.165, 1.54) is 22.9 Å². The number of fused-ring (bicyclic) bond motifs is 1. The van der Waals surface area contributed by atoms with Crippen molar-refractivity contribution in [1.82, 2.24) is 14.9 Å². The number of rotatable bonds is 8. The number of aryl methyl sites for hydroxylation is 1. The Morgan fingerprint density at radius 1 is 1.38 bits per heavy atom. The second kappa shape index (κ2) is 11.2. The van der Waals surface area contributed by atoms with Gasteiger partial charge >= 0.3 is 6.03 Å². The molecule has 3 rings (SSSR count). The summed E-state index contributed by atoms with van der Waals surface area (Å²) < 4.78 is 5.02. The second-order valence-electron chi connectivity index (χ2n) is 7.84. The molecule has 0 saturated carbocycles. The van der Waals surface area contributed by atoms with E-state index in [0.29, 0.717) is 55.0 Å². The number of methoxy groups -OCH3 is 1. The molecular formula is C23H27N7O4. The maximum atomic E-state index is 13.1. The van der Waals surface area contributed by atoms with E-state index in [0.717, 1.165) is 12.0 Å². The minimum Gasteiger partial charge on any atom is -0.383 e. The maximum absolute atomic E-state index is 13.1. The van der Waals surface area contributed by atoms with Gasteiger partial charge in [-0.1, -0.05) is 0 Å². The summed E-state index contributed by atoms with van der Waals surface area (Å²) in [5.41, 5.74) is 2.53. The van der Waals surface area contributed by atoms with Crippen LogP contribution in [0.4, 0.5) is 22.1 Å². The molecule has 1 aliphatic heterocycles. The first kappa shape index (κ1) is 24.6. The minimum absolute atomic E-state index is 0.124. The molecular weight excluding hydrogens is 438 g/mol. The lowest BCUT2D eigenvalue weighted by Gasteiger charge is -2.29. The van der Waals surface area contributed by atoms with Gasteiger partial charge in [0.05, 0.1) is 17.9 Å². The van der Waals surface area contributed by atoms with Crippen LogP contribution in [0.25, 0.3) is 0 Å². The number of urea groups is 1. The van der Waals surface area contributed by atoms with E-state index in [1.54, 1.807) is 20.2 Å². The highest BCUT2D eigenvalue weighted by Crippen LogP contribution is 2.28. The van der Waals surface area contributed by atoms with Crippen molar-refractivity contribution in [1.29, 1.82) is 5.26 Å². The summed E-state index contributed by atoms with van der Waals surface area (Å²) in [4.78, 5) is 48.0. The van der Waals surface area contributed by atoms with Crippen LogP contribution in [-0.2, 0) is 22.5 Å². The van der Waals surface area contributed by atoms with Crippen LogP contribution in [-0.4, -0.2) is 66.9 Å². The van der Waals surface area contributed by atoms with Gasteiger partial charge in [0.15, 0.2) is 6.29 Å². The van der Waals surface area contributed by atoms with Crippen molar-refractivity contribution in [3.8, 4) is 6.07 Å². The van der Waals surface area contributed by atoms with E-state index >= 15 is 0 Å². The van der Waals surface area contributed by atoms with Crippen LogP contribution in [0, 0.1) is 11.3 Å². The molecule has 0 saturated heterocycles. The molecule has 11 nitrogen and oxygen atoms in total. The van der Waals surface area contributed by atoms with Crippen molar-refractivity contribution in [2.75, 3.05) is 49.4 Å². The smallest absolute Gasteiger partial charge is 0.328 e. The van der Waals surface area contributed by atoms with E-state index < -0.39 is 6.03 Å². The van der Waals surface area contributed by atoms with Gasteiger partial charge in [-0.3, -0.25) is 19.8 Å². The Morgan fingerprint density at radius 2 is 2.18 bits per heavy atom. The molecule has 0 fully saturated rings. The number of aromatic nitrogens is 2. The number of aldehydes is 1. The van der Waals surface area contributed by atoms with Crippen LogP contribution in [0.1, 0.15) is 40.5 Å². The fraction of sp³-hybridized carbons (Fsp3) is 0.391. The highest BCUT2D eigenvalue weighted by Gasteiger charge is 2.26. The Bertz CT molecular complexity index is 1130. The van der Waals surface area contributed by atoms with E-state index in [-0.39, 0.29) is 24.0 Å². The van der Waals surface area contributed by atoms with Crippen LogP contribution in [0.3, 0.4) is 0 Å². The van der Waals surface area contributed by atoms with Crippen molar-refractivity contribution in [2.24, 2.45) is 0 Å². The Kier molecular flexibility index (Phi) is 8.10. The third kappa shape index (κ3) is 5.65. The van der Waals surface area contributed by atoms with Crippen LogP contribution < -0.4 is 15.5 Å². The standard InChI is InChI=1S/C23H27N7O4/c1-15(32)29(2)13-17-9-16-5-4-7-30(22(16)27-20(17)14-31)23(33)28-21-10-19(25-6-8-34-3)18(11-24)12-26-21/h9-10,12,14H,4-8,13H2,1-3H3,(H2,25,26,28,33). The molecule has 0 unspecified atom stereocenters. The van der Waals surface area contributed by atoms with E-state index in [4.69, 9.17) is 4.74 Å². The molecule has 1 aliphatic rings. The molecule has 3 heterocycles. The number of ether oxygens (including phenoxy) is 1. The summed E-state index contributed by atoms with van der Waals surface area (Å²) in [7, 11) is 3.23. The minimum atomic E-state index is -0.445. The molecule has 3 amide bonds. The van der Waals surface area contributed by atoms with E-state index in [2.05, 4.69) is 26.7 Å². The first-order valence-electron chi connectivity index (χ1n) is 10.8. The van der Waals surface area contributed by atoms with Crippen LogP contribution >= 0.6 is 0 Å². The quantitative estimate of drug-likeness (QED) is 0.446. The van der Waals surface area contributed by atoms with Crippen LogP contribution in [0.2, 0.25) is 0 Å². The van der Waals surface area contributed by atoms with E-state index in [1.807, 2.05) is 6.07 Å². The number of amides is 3. The Labute approximate surface area is 197 Å². The first-order valence-corrected chi connectivity index (χ1v) is 10.8. The van der Waals surface area contributed by atoms with Gasteiger partial charge in [0.25, 0.3) is 0 Å². The van der Waals surface area contributed by atoms with Gasteiger partial charge < -0.3 is 15.0 Å². The molecule has 34 heavy (non-hydrogen) atoms. The van der Waals surface area contributed by atoms with Crippen molar-refractivity contribution < 1.29 is 19.1 Å². The molecule has 0 aromatic carbocycles. The lowest BCUT2D eigenvalue weighted by Crippen LogP contribution is -2.40. The van der Waals surface area contributed by atoms with Gasteiger partial charge in [-0.05, 0) is 24.5 Å². The Morgan fingerprint density at radius 3 is 2.85 bits per heavy atom. The SMILES string of the molecule is COCCNc1cc(NC(=O)N2CCCc3cc(CN(C)C(C)=O)c(C=O)nc32)ncc1C#N. The number of nitrogens with zero attached hydrogens (tertiary/aromatic N) is 5. The number of hydrogen-bond donors (Lipinski definition) is 2. The van der Waals surface area contributed by atoms with Crippen LogP contribution in [0.15, 0.2) is 18.3 Å². The number of carbonyl (C=O) groups excluding carboxylic acids is 3. The van der Waals surface area contributed by atoms with Crippen molar-refractivity contribution in [2.45, 2.75) is 26.3 Å². The normalized spacial score (nSPS) is 12.4. The van der Waals surface area contributed by atoms with Gasteiger partial charge in [-0.25, -0.2) is 14.8 Å². The third-order valence-corrected chi connectivity index (χ3v) is 5.46. The van der Waals surface area contributed by atoms with Crippen molar-refractivity contribution in [3.63, 3.8) is 0 Å². The van der Waals surface area contributed by atoms with Crippen molar-refractivity contribution >= 4 is 35.5 Å². The molecule has 0 bridgehead atoms. The molecule has 0 aliphatic carbocycles. The molecule has 178 valence electrons. The zero-order chi connectivity index (χ0) is 24.7. The zero-order valence-electron chi connectivity index (χ0n) is 19.4. The van der Waals surface area contributed by atoms with Gasteiger partial charge in [-0.2, -0.15) is 5.26 Å². The molecule has 0 atom stereocenters. The van der Waals surface area contributed by atoms with Gasteiger partial charge in [0.2, 0.25) is 5.91 Å². The number of nitriles is 1. The highest BCUT2D eigenvalue weighted by molar-refractivity contribution is 6.01. The summed E-state index contributed by atoms with van der Waals surface area (Å²) in [5, 5.41) is 15.1. The topological polar surface area (TPSA) is 141 Å². The van der Waals surface area contributed by atoms with Crippen LogP contribution in [0.5, 0.6) is 0 Å². The Balaban J connectivity index is 1.84. The summed E-state index contributed by atoms with van der Waals surface area (Å²) in [5.74, 6) is 0.556. The van der Waals surface area contributed by atoms with Gasteiger partial charge in [-0.15, -0.1) is 0 Å². The molecule has 0 radical (unpaired) electrons. The largest absolute Gasteiger partial charge is 0.383 e. The molecule has 11 heteroatoms. The maximum Gasteiger partial charge on any atom is 0.328 e. The zero-order valence-corrected chi connectivity index (χ0v) is 19.4. The number of hydrogen-bond acceptors (Lipinski definition) is 8. The van der Waals surface area contributed by atoms with Gasteiger partial charge in [0.1, 0.15) is 23.4 Å². The molecule has 2 N–H and O–H groups in total. The predicted octanol–water partition coefficient (Wildman–Crippen LogP) is 2.18. The second-order valence-corrected chi connectivity index (χ2v) is 7.84. The summed E-state index contributed by atoms with van der Waals surface area (Å²) in [6, 6.07) is 5.04. The average Bonchev–Trinajstić information content (AvgIpc) is 2.83. The summed E-state index contributed by atoms with van der Waals surface area (Å²) in [6.07, 6.45) is 3.43. The fourth-order valence-corrected chi connectivity index (χ4v) is 3.57. The first-order chi connectivity index (χ1) is 16.4. The fourth-order valence-electron chi connectivity index (χ4n) is 3.57. The average molecular weight is 466 g/mol. The Hall–Kier alpha value is -4.04. The molecule has 2 aromatic heterocycles. The predicted molar refractivity (Wildman–Crippen MR) is 126 cm³/mol. The highest BCUT2D eigenvalue weighted by atomic mass is 16.5. The van der Waals surface area contributed by atoms with Crippen molar-refractivity contribution in [3.05, 3.63) is 40.7 Å². The monoisotopic (exact) mass is 465 g/mol. The van der Waals surface area contributed by atoms with E-state index in [9.17, 15) is 19.6 Å². The number of carbonyl (C=O) groups is 3. The van der Waals surface area contributed by atoms with Gasteiger partial charge in [0, 0.05) is 58.5 Å². The number of pyridine rings is 2.